The van der Waals surface area contributed by atoms with Gasteiger partial charge in [0, 0.05) is 12.7 Å². The maximum absolute atomic E-state index is 12.2. The molecule has 2 aromatic heterocycles. The third-order valence-corrected chi connectivity index (χ3v) is 5.01. The summed E-state index contributed by atoms with van der Waals surface area (Å²) in [5, 5.41) is 11.4. The van der Waals surface area contributed by atoms with E-state index in [1.165, 1.54) is 30.0 Å². The van der Waals surface area contributed by atoms with Crippen molar-refractivity contribution >= 4 is 35.0 Å². The molecular weight excluding hydrogens is 414 g/mol. The van der Waals surface area contributed by atoms with Crippen molar-refractivity contribution in [2.24, 2.45) is 7.05 Å². The van der Waals surface area contributed by atoms with E-state index in [0.717, 1.165) is 11.3 Å². The number of furan rings is 1. The molecule has 7 nitrogen and oxygen atoms in total. The Labute approximate surface area is 168 Å². The van der Waals surface area contributed by atoms with Crippen molar-refractivity contribution < 1.29 is 22.7 Å². The highest BCUT2D eigenvalue weighted by Crippen LogP contribution is 2.29. The Bertz CT molecular complexity index is 993. The number of hydrogen-bond acceptors (Lipinski definition) is 6. The second-order valence-electron chi connectivity index (χ2n) is 5.62. The molecule has 11 heteroatoms. The topological polar surface area (TPSA) is 82.2 Å². The van der Waals surface area contributed by atoms with E-state index < -0.39 is 6.61 Å². The predicted molar refractivity (Wildman–Crippen MR) is 101 cm³/mol. The summed E-state index contributed by atoms with van der Waals surface area (Å²) in [5.74, 6) is 0.956. The van der Waals surface area contributed by atoms with Gasteiger partial charge in [-0.25, -0.2) is 0 Å². The fraction of sp³-hybridized carbons (Fsp3) is 0.235. The zero-order valence-electron chi connectivity index (χ0n) is 14.8. The fourth-order valence-electron chi connectivity index (χ4n) is 2.39. The zero-order valence-corrected chi connectivity index (χ0v) is 16.4. The number of hydrogen-bond donors (Lipinski definition) is 1. The molecule has 3 aromatic rings. The first-order valence-electron chi connectivity index (χ1n) is 7.96. The van der Waals surface area contributed by atoms with E-state index in [9.17, 15) is 13.6 Å². The molecular formula is C17H15ClF2N4O3S. The van der Waals surface area contributed by atoms with Crippen LogP contribution in [0.1, 0.15) is 5.76 Å². The SMILES string of the molecule is Cc1occc1-c1nnc(SCC(=O)Nc2ccc(OC(F)F)c(Cl)c2)n1C. The number of nitrogens with one attached hydrogen (secondary N) is 1. The van der Waals surface area contributed by atoms with Gasteiger partial charge in [0.05, 0.1) is 22.6 Å². The second-order valence-corrected chi connectivity index (χ2v) is 6.97. The van der Waals surface area contributed by atoms with Crippen molar-refractivity contribution in [3.8, 4) is 17.1 Å². The van der Waals surface area contributed by atoms with Gasteiger partial charge in [0.25, 0.3) is 0 Å². The molecule has 2 heterocycles. The number of nitrogens with zero attached hydrogens (tertiary/aromatic N) is 3. The molecule has 0 aliphatic carbocycles. The highest BCUT2D eigenvalue weighted by Gasteiger charge is 2.16. The van der Waals surface area contributed by atoms with Crippen molar-refractivity contribution in [2.45, 2.75) is 18.7 Å². The number of aryl methyl sites for hydroxylation is 1. The van der Waals surface area contributed by atoms with Crippen molar-refractivity contribution in [1.29, 1.82) is 0 Å². The number of anilines is 1. The number of alkyl halides is 2. The van der Waals surface area contributed by atoms with Gasteiger partial charge >= 0.3 is 6.61 Å². The van der Waals surface area contributed by atoms with Gasteiger partial charge in [-0.15, -0.1) is 10.2 Å². The first-order chi connectivity index (χ1) is 13.3. The van der Waals surface area contributed by atoms with Crippen LogP contribution in [0.2, 0.25) is 5.02 Å². The van der Waals surface area contributed by atoms with Crippen molar-refractivity contribution in [3.05, 3.63) is 41.3 Å². The highest BCUT2D eigenvalue weighted by atomic mass is 35.5. The third kappa shape index (κ3) is 4.63. The van der Waals surface area contributed by atoms with Gasteiger partial charge in [0.15, 0.2) is 11.0 Å². The summed E-state index contributed by atoms with van der Waals surface area (Å²) in [6.45, 7) is -1.15. The lowest BCUT2D eigenvalue weighted by atomic mass is 10.2. The van der Waals surface area contributed by atoms with E-state index in [-0.39, 0.29) is 22.4 Å². The van der Waals surface area contributed by atoms with Crippen LogP contribution >= 0.6 is 23.4 Å². The number of amides is 1. The first kappa shape index (κ1) is 20.2. The number of halogens is 3. The lowest BCUT2D eigenvalue weighted by Crippen LogP contribution is -2.14. The molecule has 1 aromatic carbocycles. The van der Waals surface area contributed by atoms with E-state index in [0.29, 0.717) is 16.7 Å². The van der Waals surface area contributed by atoms with Gasteiger partial charge in [-0.05, 0) is 31.2 Å². The molecule has 0 aliphatic rings. The number of carbonyl (C=O) groups excluding carboxylic acids is 1. The molecule has 0 aliphatic heterocycles. The van der Waals surface area contributed by atoms with Gasteiger partial charge in [-0.2, -0.15) is 8.78 Å². The Morgan fingerprint density at radius 2 is 2.18 bits per heavy atom. The molecule has 28 heavy (non-hydrogen) atoms. The third-order valence-electron chi connectivity index (χ3n) is 3.70. The smallest absolute Gasteiger partial charge is 0.387 e. The molecule has 0 saturated carbocycles. The Kier molecular flexibility index (Phi) is 6.20. The average molecular weight is 429 g/mol. The first-order valence-corrected chi connectivity index (χ1v) is 9.32. The molecule has 0 saturated heterocycles. The van der Waals surface area contributed by atoms with Crippen LogP contribution in [0.25, 0.3) is 11.4 Å². The molecule has 1 amide bonds. The minimum absolute atomic E-state index is 0.0285. The normalized spacial score (nSPS) is 11.1. The summed E-state index contributed by atoms with van der Waals surface area (Å²) < 4.78 is 35.8. The summed E-state index contributed by atoms with van der Waals surface area (Å²) in [6, 6.07) is 5.82. The average Bonchev–Trinajstić information content (AvgIpc) is 3.20. The Morgan fingerprint density at radius 1 is 1.39 bits per heavy atom. The maximum Gasteiger partial charge on any atom is 0.387 e. The van der Waals surface area contributed by atoms with Gasteiger partial charge < -0.3 is 19.0 Å². The summed E-state index contributed by atoms with van der Waals surface area (Å²) >= 11 is 7.07. The molecule has 0 bridgehead atoms. The molecule has 0 radical (unpaired) electrons. The number of thioether (sulfide) groups is 1. The lowest BCUT2D eigenvalue weighted by molar-refractivity contribution is -0.113. The summed E-state index contributed by atoms with van der Waals surface area (Å²) in [6.07, 6.45) is 1.57. The van der Waals surface area contributed by atoms with Crippen molar-refractivity contribution in [2.75, 3.05) is 11.1 Å². The van der Waals surface area contributed by atoms with E-state index in [2.05, 4.69) is 20.3 Å². The fourth-order valence-corrected chi connectivity index (χ4v) is 3.33. The number of benzene rings is 1. The van der Waals surface area contributed by atoms with Crippen LogP contribution in [0, 0.1) is 6.92 Å². The summed E-state index contributed by atoms with van der Waals surface area (Å²) in [7, 11) is 1.80. The van der Waals surface area contributed by atoms with Gasteiger partial charge in [-0.3, -0.25) is 4.79 Å². The number of carbonyl (C=O) groups is 1. The maximum atomic E-state index is 12.2. The lowest BCUT2D eigenvalue weighted by Gasteiger charge is -2.09. The van der Waals surface area contributed by atoms with Crippen LogP contribution in [-0.4, -0.2) is 33.0 Å². The second kappa shape index (κ2) is 8.61. The zero-order chi connectivity index (χ0) is 20.3. The van der Waals surface area contributed by atoms with E-state index in [4.69, 9.17) is 16.0 Å². The Balaban J connectivity index is 1.60. The van der Waals surface area contributed by atoms with Gasteiger partial charge in [0.2, 0.25) is 5.91 Å². The van der Waals surface area contributed by atoms with Crippen LogP contribution in [0.5, 0.6) is 5.75 Å². The highest BCUT2D eigenvalue weighted by molar-refractivity contribution is 7.99. The van der Waals surface area contributed by atoms with Crippen molar-refractivity contribution in [1.82, 2.24) is 14.8 Å². The van der Waals surface area contributed by atoms with Crippen molar-refractivity contribution in [3.63, 3.8) is 0 Å². The van der Waals surface area contributed by atoms with Gasteiger partial charge in [-0.1, -0.05) is 23.4 Å². The largest absolute Gasteiger partial charge is 0.469 e. The molecule has 0 spiro atoms. The number of rotatable bonds is 7. The van der Waals surface area contributed by atoms with Crippen LogP contribution in [-0.2, 0) is 11.8 Å². The molecule has 0 unspecified atom stereocenters. The Morgan fingerprint density at radius 3 is 2.82 bits per heavy atom. The standard InChI is InChI=1S/C17H15ClF2N4O3S/c1-9-11(5-6-26-9)15-22-23-17(24(15)2)28-8-14(25)21-10-3-4-13(12(18)7-10)27-16(19)20/h3-7,16H,8H2,1-2H3,(H,21,25). The molecule has 1 N–H and O–H groups in total. The minimum atomic E-state index is -2.98. The summed E-state index contributed by atoms with van der Waals surface area (Å²) in [5.41, 5.74) is 1.19. The molecule has 148 valence electrons. The molecule has 3 rings (SSSR count). The molecule has 0 atom stereocenters. The Hall–Kier alpha value is -2.59. The monoisotopic (exact) mass is 428 g/mol. The summed E-state index contributed by atoms with van der Waals surface area (Å²) in [4.78, 5) is 12.2. The van der Waals surface area contributed by atoms with Gasteiger partial charge in [0.1, 0.15) is 11.5 Å². The van der Waals surface area contributed by atoms with E-state index in [1.807, 2.05) is 6.92 Å². The van der Waals surface area contributed by atoms with E-state index in [1.54, 1.807) is 23.9 Å². The quantitative estimate of drug-likeness (QED) is 0.563. The van der Waals surface area contributed by atoms with Crippen LogP contribution < -0.4 is 10.1 Å². The van der Waals surface area contributed by atoms with E-state index >= 15 is 0 Å². The van der Waals surface area contributed by atoms with Crippen LogP contribution in [0.3, 0.4) is 0 Å². The number of aromatic nitrogens is 3. The predicted octanol–water partition coefficient (Wildman–Crippen LogP) is 4.37. The number of ether oxygens (including phenoxy) is 1. The van der Waals surface area contributed by atoms with Crippen LogP contribution in [0.4, 0.5) is 14.5 Å². The van der Waals surface area contributed by atoms with Crippen LogP contribution in [0.15, 0.2) is 40.1 Å². The minimum Gasteiger partial charge on any atom is -0.469 e. The molecule has 0 fully saturated rings.